The first-order valence-electron chi connectivity index (χ1n) is 10.9. The van der Waals surface area contributed by atoms with Crippen LogP contribution in [-0.2, 0) is 28.8 Å². The molecule has 0 spiro atoms. The Bertz CT molecular complexity index is 944. The maximum atomic E-state index is 13.1. The molecule has 1 aromatic heterocycles. The van der Waals surface area contributed by atoms with E-state index < -0.39 is 0 Å². The van der Waals surface area contributed by atoms with Crippen LogP contribution in [0.5, 0.6) is 0 Å². The molecule has 1 aliphatic carbocycles. The molecule has 0 radical (unpaired) electrons. The van der Waals surface area contributed by atoms with Crippen molar-refractivity contribution in [1.82, 2.24) is 5.32 Å². The van der Waals surface area contributed by atoms with Gasteiger partial charge in [0.25, 0.3) is 5.91 Å². The summed E-state index contributed by atoms with van der Waals surface area (Å²) in [5.41, 5.74) is 5.18. The van der Waals surface area contributed by atoms with E-state index in [2.05, 4.69) is 30.5 Å². The van der Waals surface area contributed by atoms with Crippen molar-refractivity contribution in [2.45, 2.75) is 64.9 Å². The molecule has 0 bridgehead atoms. The number of amides is 2. The molecule has 1 saturated heterocycles. The summed E-state index contributed by atoms with van der Waals surface area (Å²) in [5.74, 6) is -0.170. The van der Waals surface area contributed by atoms with Gasteiger partial charge in [-0.25, -0.2) is 0 Å². The molecule has 6 heteroatoms. The van der Waals surface area contributed by atoms with Gasteiger partial charge in [0.05, 0.1) is 18.1 Å². The summed E-state index contributed by atoms with van der Waals surface area (Å²) in [5, 5.41) is 6.79. The molecule has 1 aromatic carbocycles. The van der Waals surface area contributed by atoms with E-state index in [-0.39, 0.29) is 17.9 Å². The minimum absolute atomic E-state index is 0.0787. The molecule has 30 heavy (non-hydrogen) atoms. The Labute approximate surface area is 182 Å². The average molecular weight is 427 g/mol. The maximum Gasteiger partial charge on any atom is 0.254 e. The van der Waals surface area contributed by atoms with E-state index in [1.807, 2.05) is 12.1 Å². The Morgan fingerprint density at radius 3 is 2.73 bits per heavy atom. The molecule has 5 nitrogen and oxygen atoms in total. The normalized spacial score (nSPS) is 18.1. The van der Waals surface area contributed by atoms with Crippen LogP contribution in [0.1, 0.15) is 63.2 Å². The lowest BCUT2D eigenvalue weighted by atomic mass is 9.95. The van der Waals surface area contributed by atoms with Crippen LogP contribution in [0, 0.1) is 13.8 Å². The smallest absolute Gasteiger partial charge is 0.254 e. The summed E-state index contributed by atoms with van der Waals surface area (Å²) >= 11 is 1.57. The topological polar surface area (TPSA) is 67.4 Å². The predicted octanol–water partition coefficient (Wildman–Crippen LogP) is 4.33. The van der Waals surface area contributed by atoms with Crippen molar-refractivity contribution in [2.24, 2.45) is 0 Å². The summed E-state index contributed by atoms with van der Waals surface area (Å²) in [7, 11) is 0. The number of thiophene rings is 1. The molecule has 1 unspecified atom stereocenters. The third-order valence-electron chi connectivity index (χ3n) is 6.10. The SMILES string of the molecule is Cc1ccc(CC(=O)Nc2sc3c(c2C(=O)NCC2CCCO2)CCCC3)cc1C. The van der Waals surface area contributed by atoms with E-state index in [0.717, 1.165) is 56.3 Å². The fraction of sp³-hybridized carbons (Fsp3) is 0.500. The second-order valence-electron chi connectivity index (χ2n) is 8.40. The van der Waals surface area contributed by atoms with E-state index in [0.29, 0.717) is 23.5 Å². The van der Waals surface area contributed by atoms with E-state index in [1.165, 1.54) is 16.0 Å². The Morgan fingerprint density at radius 1 is 1.13 bits per heavy atom. The van der Waals surface area contributed by atoms with Crippen LogP contribution in [0.2, 0.25) is 0 Å². The molecule has 2 N–H and O–H groups in total. The third-order valence-corrected chi connectivity index (χ3v) is 7.31. The first-order valence-corrected chi connectivity index (χ1v) is 11.7. The third kappa shape index (κ3) is 4.76. The highest BCUT2D eigenvalue weighted by Crippen LogP contribution is 2.38. The number of nitrogens with one attached hydrogen (secondary N) is 2. The number of ether oxygens (including phenoxy) is 1. The van der Waals surface area contributed by atoms with Gasteiger partial charge in [-0.3, -0.25) is 9.59 Å². The molecule has 4 rings (SSSR count). The summed E-state index contributed by atoms with van der Waals surface area (Å²) in [4.78, 5) is 27.1. The molecule has 2 aliphatic rings. The first-order chi connectivity index (χ1) is 14.5. The van der Waals surface area contributed by atoms with E-state index in [1.54, 1.807) is 11.3 Å². The van der Waals surface area contributed by atoms with Crippen LogP contribution in [0.25, 0.3) is 0 Å². The number of fused-ring (bicyclic) bond motifs is 1. The van der Waals surface area contributed by atoms with Crippen molar-refractivity contribution in [2.75, 3.05) is 18.5 Å². The van der Waals surface area contributed by atoms with Crippen LogP contribution < -0.4 is 10.6 Å². The summed E-state index contributed by atoms with van der Waals surface area (Å²) in [6.45, 7) is 5.42. The molecule has 1 aliphatic heterocycles. The van der Waals surface area contributed by atoms with Gasteiger partial charge in [0.2, 0.25) is 5.91 Å². The first kappa shape index (κ1) is 21.1. The van der Waals surface area contributed by atoms with Gasteiger partial charge < -0.3 is 15.4 Å². The molecule has 2 amide bonds. The van der Waals surface area contributed by atoms with Crippen LogP contribution in [0.15, 0.2) is 18.2 Å². The molecule has 1 fully saturated rings. The van der Waals surface area contributed by atoms with Crippen molar-refractivity contribution in [3.8, 4) is 0 Å². The van der Waals surface area contributed by atoms with E-state index >= 15 is 0 Å². The van der Waals surface area contributed by atoms with Gasteiger partial charge in [0.1, 0.15) is 5.00 Å². The number of carbonyl (C=O) groups excluding carboxylic acids is 2. The number of hydrogen-bond acceptors (Lipinski definition) is 4. The van der Waals surface area contributed by atoms with Crippen LogP contribution in [0.4, 0.5) is 5.00 Å². The Balaban J connectivity index is 1.50. The fourth-order valence-electron chi connectivity index (χ4n) is 4.26. The highest BCUT2D eigenvalue weighted by Gasteiger charge is 2.27. The number of carbonyl (C=O) groups is 2. The van der Waals surface area contributed by atoms with Crippen LogP contribution >= 0.6 is 11.3 Å². The summed E-state index contributed by atoms with van der Waals surface area (Å²) in [6.07, 6.45) is 6.56. The van der Waals surface area contributed by atoms with Gasteiger partial charge >= 0.3 is 0 Å². The van der Waals surface area contributed by atoms with Gasteiger partial charge in [-0.2, -0.15) is 0 Å². The lowest BCUT2D eigenvalue weighted by Crippen LogP contribution is -2.32. The lowest BCUT2D eigenvalue weighted by Gasteiger charge is -2.15. The number of hydrogen-bond donors (Lipinski definition) is 2. The number of benzene rings is 1. The fourth-order valence-corrected chi connectivity index (χ4v) is 5.57. The van der Waals surface area contributed by atoms with Gasteiger partial charge in [-0.05, 0) is 74.6 Å². The zero-order valence-electron chi connectivity index (χ0n) is 17.8. The van der Waals surface area contributed by atoms with Gasteiger partial charge in [-0.1, -0.05) is 18.2 Å². The second kappa shape index (κ2) is 9.31. The van der Waals surface area contributed by atoms with E-state index in [4.69, 9.17) is 4.74 Å². The van der Waals surface area contributed by atoms with Crippen molar-refractivity contribution >= 4 is 28.2 Å². The van der Waals surface area contributed by atoms with E-state index in [9.17, 15) is 9.59 Å². The number of rotatable bonds is 6. The Kier molecular flexibility index (Phi) is 6.54. The lowest BCUT2D eigenvalue weighted by molar-refractivity contribution is -0.115. The van der Waals surface area contributed by atoms with Crippen molar-refractivity contribution in [3.05, 3.63) is 50.9 Å². The van der Waals surface area contributed by atoms with Crippen molar-refractivity contribution < 1.29 is 14.3 Å². The highest BCUT2D eigenvalue weighted by atomic mass is 32.1. The number of anilines is 1. The largest absolute Gasteiger partial charge is 0.376 e. The molecule has 2 heterocycles. The van der Waals surface area contributed by atoms with Gasteiger partial charge in [0, 0.05) is 18.0 Å². The quantitative estimate of drug-likeness (QED) is 0.722. The summed E-state index contributed by atoms with van der Waals surface area (Å²) in [6, 6.07) is 6.10. The molecule has 0 saturated carbocycles. The molecular formula is C24H30N2O3S. The predicted molar refractivity (Wildman–Crippen MR) is 121 cm³/mol. The zero-order chi connectivity index (χ0) is 21.1. The second-order valence-corrected chi connectivity index (χ2v) is 9.51. The minimum atomic E-state index is -0.0913. The maximum absolute atomic E-state index is 13.1. The van der Waals surface area contributed by atoms with Crippen LogP contribution in [-0.4, -0.2) is 31.1 Å². The molecular weight excluding hydrogens is 396 g/mol. The molecule has 160 valence electrons. The average Bonchev–Trinajstić information content (AvgIpc) is 3.36. The van der Waals surface area contributed by atoms with Crippen molar-refractivity contribution in [3.63, 3.8) is 0 Å². The van der Waals surface area contributed by atoms with Crippen molar-refractivity contribution in [1.29, 1.82) is 0 Å². The molecule has 1 atom stereocenters. The summed E-state index contributed by atoms with van der Waals surface area (Å²) < 4.78 is 5.63. The Morgan fingerprint density at radius 2 is 1.97 bits per heavy atom. The Hall–Kier alpha value is -2.18. The minimum Gasteiger partial charge on any atom is -0.376 e. The standard InChI is InChI=1S/C24H30N2O3S/c1-15-9-10-17(12-16(15)2)13-21(27)26-24-22(19-7-3-4-8-20(19)30-24)23(28)25-14-18-6-5-11-29-18/h9-10,12,18H,3-8,11,13-14H2,1-2H3,(H,25,28)(H,26,27). The highest BCUT2D eigenvalue weighted by molar-refractivity contribution is 7.17. The molecule has 2 aromatic rings. The van der Waals surface area contributed by atoms with Crippen LogP contribution in [0.3, 0.4) is 0 Å². The number of aryl methyl sites for hydroxylation is 3. The monoisotopic (exact) mass is 426 g/mol. The van der Waals surface area contributed by atoms with Gasteiger partial charge in [-0.15, -0.1) is 11.3 Å². The zero-order valence-corrected chi connectivity index (χ0v) is 18.6. The van der Waals surface area contributed by atoms with Gasteiger partial charge in [0.15, 0.2) is 0 Å².